The van der Waals surface area contributed by atoms with Crippen LogP contribution in [0.5, 0.6) is 0 Å². The first kappa shape index (κ1) is 16.8. The van der Waals surface area contributed by atoms with E-state index >= 15 is 0 Å². The van der Waals surface area contributed by atoms with Crippen molar-refractivity contribution in [2.24, 2.45) is 0 Å². The molecular formula is C16H17BrFN5O. The van der Waals surface area contributed by atoms with Gasteiger partial charge in [-0.3, -0.25) is 0 Å². The molecular weight excluding hydrogens is 377 g/mol. The maximum atomic E-state index is 14.3. The molecule has 0 radical (unpaired) electrons. The van der Waals surface area contributed by atoms with Gasteiger partial charge in [-0.05, 0) is 32.0 Å². The van der Waals surface area contributed by atoms with E-state index in [1.54, 1.807) is 27.6 Å². The fraction of sp³-hybridized carbons (Fsp3) is 0.312. The second kappa shape index (κ2) is 6.82. The van der Waals surface area contributed by atoms with Crippen LogP contribution in [0.25, 0.3) is 22.9 Å². The third kappa shape index (κ3) is 3.11. The van der Waals surface area contributed by atoms with Gasteiger partial charge in [0.05, 0.1) is 12.2 Å². The summed E-state index contributed by atoms with van der Waals surface area (Å²) in [6.45, 7) is 4.24. The molecule has 0 spiro atoms. The third-order valence-electron chi connectivity index (χ3n) is 3.58. The summed E-state index contributed by atoms with van der Waals surface area (Å²) in [6, 6.07) is 4.93. The van der Waals surface area contributed by atoms with Gasteiger partial charge in [0.25, 0.3) is 0 Å². The number of nitrogens with zero attached hydrogens (tertiary/aromatic N) is 5. The van der Waals surface area contributed by atoms with Gasteiger partial charge in [0.1, 0.15) is 23.7 Å². The Morgan fingerprint density at radius 2 is 2.08 bits per heavy atom. The van der Waals surface area contributed by atoms with Crippen LogP contribution in [0, 0.1) is 5.82 Å². The summed E-state index contributed by atoms with van der Waals surface area (Å²) in [4.78, 5) is 8.81. The number of benzene rings is 1. The number of halogens is 2. The summed E-state index contributed by atoms with van der Waals surface area (Å²) in [6.07, 6.45) is 3.23. The maximum absolute atomic E-state index is 14.3. The van der Waals surface area contributed by atoms with Crippen LogP contribution in [-0.4, -0.2) is 36.0 Å². The first-order chi connectivity index (χ1) is 11.5. The third-order valence-corrected chi connectivity index (χ3v) is 4.07. The van der Waals surface area contributed by atoms with E-state index in [2.05, 4.69) is 31.0 Å². The molecule has 0 unspecified atom stereocenters. The van der Waals surface area contributed by atoms with E-state index in [0.717, 1.165) is 0 Å². The topological polar surface area (TPSA) is 68.8 Å². The Kier molecular flexibility index (Phi) is 4.77. The van der Waals surface area contributed by atoms with Crippen molar-refractivity contribution < 1.29 is 9.50 Å². The molecule has 0 saturated carbocycles. The Labute approximate surface area is 147 Å². The number of aliphatic hydroxyl groups excluding tert-OH is 1. The van der Waals surface area contributed by atoms with E-state index in [-0.39, 0.29) is 18.5 Å². The Balaban J connectivity index is 2.13. The van der Waals surface area contributed by atoms with Crippen LogP contribution in [0.2, 0.25) is 0 Å². The first-order valence-corrected chi connectivity index (χ1v) is 8.34. The van der Waals surface area contributed by atoms with Crippen LogP contribution in [0.3, 0.4) is 0 Å². The van der Waals surface area contributed by atoms with E-state index < -0.39 is 0 Å². The molecule has 1 aromatic carbocycles. The molecule has 0 atom stereocenters. The Hall–Kier alpha value is -2.06. The number of hydrogen-bond acceptors (Lipinski definition) is 4. The molecule has 0 amide bonds. The monoisotopic (exact) mass is 393 g/mol. The van der Waals surface area contributed by atoms with Gasteiger partial charge in [0.15, 0.2) is 5.82 Å². The molecule has 0 aliphatic heterocycles. The van der Waals surface area contributed by atoms with Gasteiger partial charge in [-0.25, -0.2) is 19.0 Å². The van der Waals surface area contributed by atoms with Crippen molar-refractivity contribution in [1.82, 2.24) is 24.3 Å². The highest BCUT2D eigenvalue weighted by atomic mass is 79.9. The predicted molar refractivity (Wildman–Crippen MR) is 91.8 cm³/mol. The molecule has 24 heavy (non-hydrogen) atoms. The average Bonchev–Trinajstić information content (AvgIpc) is 3.14. The Morgan fingerprint density at radius 1 is 1.29 bits per heavy atom. The van der Waals surface area contributed by atoms with Gasteiger partial charge < -0.3 is 9.67 Å². The van der Waals surface area contributed by atoms with Crippen LogP contribution in [0.1, 0.15) is 19.9 Å². The lowest BCUT2D eigenvalue weighted by Gasteiger charge is -2.07. The molecule has 0 fully saturated rings. The van der Waals surface area contributed by atoms with E-state index in [1.807, 2.05) is 13.8 Å². The zero-order valence-corrected chi connectivity index (χ0v) is 14.9. The van der Waals surface area contributed by atoms with E-state index in [4.69, 9.17) is 0 Å². The summed E-state index contributed by atoms with van der Waals surface area (Å²) < 4.78 is 18.5. The van der Waals surface area contributed by atoms with Gasteiger partial charge in [-0.15, -0.1) is 0 Å². The summed E-state index contributed by atoms with van der Waals surface area (Å²) in [5.41, 5.74) is 0.959. The van der Waals surface area contributed by atoms with Gasteiger partial charge >= 0.3 is 0 Å². The zero-order chi connectivity index (χ0) is 17.3. The minimum atomic E-state index is -0.383. The molecule has 2 aromatic heterocycles. The average molecular weight is 394 g/mol. The van der Waals surface area contributed by atoms with E-state index in [9.17, 15) is 9.50 Å². The standard InChI is InChI=1S/C16H17BrFN5O/c1-10(2)23-16(19-9-20-23)14-8-22(5-6-24)15(21-14)12-4-3-11(17)7-13(12)18/h3-4,7-10,24H,5-6H2,1-2H3. The van der Waals surface area contributed by atoms with Crippen molar-refractivity contribution in [2.75, 3.05) is 6.61 Å². The van der Waals surface area contributed by atoms with Crippen LogP contribution in [-0.2, 0) is 6.54 Å². The molecule has 0 aliphatic carbocycles. The highest BCUT2D eigenvalue weighted by Crippen LogP contribution is 2.28. The molecule has 126 valence electrons. The number of imidazole rings is 1. The molecule has 1 N–H and O–H groups in total. The summed E-state index contributed by atoms with van der Waals surface area (Å²) >= 11 is 3.25. The molecule has 0 saturated heterocycles. The van der Waals surface area contributed by atoms with Crippen LogP contribution < -0.4 is 0 Å². The van der Waals surface area contributed by atoms with Gasteiger partial charge in [0, 0.05) is 23.3 Å². The minimum absolute atomic E-state index is 0.0716. The van der Waals surface area contributed by atoms with Crippen LogP contribution >= 0.6 is 15.9 Å². The molecule has 2 heterocycles. The summed E-state index contributed by atoms with van der Waals surface area (Å²) in [5, 5.41) is 13.5. The second-order valence-electron chi connectivity index (χ2n) is 5.61. The lowest BCUT2D eigenvalue weighted by molar-refractivity contribution is 0.276. The molecule has 6 nitrogen and oxygen atoms in total. The lowest BCUT2D eigenvalue weighted by atomic mass is 10.2. The van der Waals surface area contributed by atoms with E-state index in [1.165, 1.54) is 12.4 Å². The van der Waals surface area contributed by atoms with Gasteiger partial charge in [-0.1, -0.05) is 15.9 Å². The number of aromatic nitrogens is 5. The molecule has 0 aliphatic rings. The van der Waals surface area contributed by atoms with Crippen molar-refractivity contribution in [1.29, 1.82) is 0 Å². The Morgan fingerprint density at radius 3 is 2.75 bits per heavy atom. The fourth-order valence-electron chi connectivity index (χ4n) is 2.50. The molecule has 3 aromatic rings. The SMILES string of the molecule is CC(C)n1ncnc1-c1cn(CCO)c(-c2ccc(Br)cc2F)n1. The molecule has 8 heteroatoms. The molecule has 0 bridgehead atoms. The normalized spacial score (nSPS) is 11.4. The number of hydrogen-bond donors (Lipinski definition) is 1. The van der Waals surface area contributed by atoms with Gasteiger partial charge in [-0.2, -0.15) is 5.10 Å². The van der Waals surface area contributed by atoms with Crippen molar-refractivity contribution >= 4 is 15.9 Å². The quantitative estimate of drug-likeness (QED) is 0.721. The first-order valence-electron chi connectivity index (χ1n) is 7.54. The molecule has 3 rings (SSSR count). The number of aliphatic hydroxyl groups is 1. The maximum Gasteiger partial charge on any atom is 0.178 e. The van der Waals surface area contributed by atoms with Crippen LogP contribution in [0.15, 0.2) is 35.2 Å². The fourth-order valence-corrected chi connectivity index (χ4v) is 2.83. The van der Waals surface area contributed by atoms with Crippen molar-refractivity contribution in [3.63, 3.8) is 0 Å². The largest absolute Gasteiger partial charge is 0.395 e. The van der Waals surface area contributed by atoms with Crippen LogP contribution in [0.4, 0.5) is 4.39 Å². The minimum Gasteiger partial charge on any atom is -0.395 e. The Bertz CT molecular complexity index is 858. The predicted octanol–water partition coefficient (Wildman–Crippen LogP) is 3.28. The van der Waals surface area contributed by atoms with Crippen molar-refractivity contribution in [2.45, 2.75) is 26.4 Å². The second-order valence-corrected chi connectivity index (χ2v) is 6.53. The highest BCUT2D eigenvalue weighted by Gasteiger charge is 2.19. The highest BCUT2D eigenvalue weighted by molar-refractivity contribution is 9.10. The summed E-state index contributed by atoms with van der Waals surface area (Å²) in [7, 11) is 0. The lowest BCUT2D eigenvalue weighted by Crippen LogP contribution is -2.05. The van der Waals surface area contributed by atoms with Gasteiger partial charge in [0.2, 0.25) is 0 Å². The number of rotatable bonds is 5. The summed E-state index contributed by atoms with van der Waals surface area (Å²) in [5.74, 6) is 0.675. The smallest absolute Gasteiger partial charge is 0.178 e. The zero-order valence-electron chi connectivity index (χ0n) is 13.3. The van der Waals surface area contributed by atoms with Crippen molar-refractivity contribution in [3.05, 3.63) is 41.0 Å². The van der Waals surface area contributed by atoms with E-state index in [0.29, 0.717) is 33.9 Å². The van der Waals surface area contributed by atoms with Crippen molar-refractivity contribution in [3.8, 4) is 22.9 Å².